The zero-order valence-corrected chi connectivity index (χ0v) is 10.4. The van der Waals surface area contributed by atoms with Crippen LogP contribution in [-0.4, -0.2) is 11.1 Å². The maximum absolute atomic E-state index is 11.2. The molecule has 2 nitrogen and oxygen atoms in total. The van der Waals surface area contributed by atoms with Gasteiger partial charge in [-0.1, -0.05) is 32.3 Å². The summed E-state index contributed by atoms with van der Waals surface area (Å²) < 4.78 is 0. The van der Waals surface area contributed by atoms with E-state index < -0.39 is 5.97 Å². The van der Waals surface area contributed by atoms with Crippen molar-refractivity contribution in [2.24, 2.45) is 11.3 Å². The van der Waals surface area contributed by atoms with Crippen LogP contribution in [0.15, 0.2) is 11.1 Å². The minimum absolute atomic E-state index is 0.420. The van der Waals surface area contributed by atoms with Gasteiger partial charge in [-0.2, -0.15) is 0 Å². The molecule has 2 atom stereocenters. The molecule has 2 rings (SSSR count). The molecule has 0 aliphatic heterocycles. The summed E-state index contributed by atoms with van der Waals surface area (Å²) in [7, 11) is 0. The molecule has 0 heterocycles. The Bertz CT molecular complexity index is 330. The molecule has 2 heteroatoms. The van der Waals surface area contributed by atoms with Crippen molar-refractivity contribution in [3.05, 3.63) is 11.1 Å². The fourth-order valence-electron chi connectivity index (χ4n) is 3.66. The number of carboxylic acid groups (broad SMARTS) is 1. The molecule has 16 heavy (non-hydrogen) atoms. The van der Waals surface area contributed by atoms with Gasteiger partial charge >= 0.3 is 5.97 Å². The Hall–Kier alpha value is -0.790. The smallest absolute Gasteiger partial charge is 0.331 e. The van der Waals surface area contributed by atoms with E-state index in [0.29, 0.717) is 5.41 Å². The SMILES string of the molecule is CCC/C(C(=O)O)=C1/CC2CCCC2(C)C1. The van der Waals surface area contributed by atoms with E-state index in [2.05, 4.69) is 13.8 Å². The first-order valence-electron chi connectivity index (χ1n) is 6.51. The third kappa shape index (κ3) is 1.90. The molecule has 2 unspecified atom stereocenters. The molecule has 0 aromatic carbocycles. The summed E-state index contributed by atoms with van der Waals surface area (Å²) in [6, 6.07) is 0. The predicted octanol–water partition coefficient (Wildman–Crippen LogP) is 3.77. The normalized spacial score (nSPS) is 36.2. The summed E-state index contributed by atoms with van der Waals surface area (Å²) in [6.07, 6.45) is 7.71. The molecule has 0 radical (unpaired) electrons. The van der Waals surface area contributed by atoms with Gasteiger partial charge in [-0.15, -0.1) is 0 Å². The van der Waals surface area contributed by atoms with E-state index in [-0.39, 0.29) is 0 Å². The van der Waals surface area contributed by atoms with Crippen LogP contribution in [0, 0.1) is 11.3 Å². The first kappa shape index (κ1) is 11.7. The Labute approximate surface area is 97.7 Å². The van der Waals surface area contributed by atoms with Crippen molar-refractivity contribution in [2.75, 3.05) is 0 Å². The van der Waals surface area contributed by atoms with E-state index in [0.717, 1.165) is 37.2 Å². The quantitative estimate of drug-likeness (QED) is 0.738. The summed E-state index contributed by atoms with van der Waals surface area (Å²) in [4.78, 5) is 11.2. The van der Waals surface area contributed by atoms with E-state index in [1.165, 1.54) is 24.8 Å². The van der Waals surface area contributed by atoms with E-state index >= 15 is 0 Å². The third-order valence-corrected chi connectivity index (χ3v) is 4.58. The Morgan fingerprint density at radius 3 is 2.88 bits per heavy atom. The first-order chi connectivity index (χ1) is 7.57. The highest BCUT2D eigenvalue weighted by Crippen LogP contribution is 2.56. The van der Waals surface area contributed by atoms with Gasteiger partial charge in [0.25, 0.3) is 0 Å². The fourth-order valence-corrected chi connectivity index (χ4v) is 3.66. The lowest BCUT2D eigenvalue weighted by Gasteiger charge is -2.22. The van der Waals surface area contributed by atoms with Crippen LogP contribution in [0.1, 0.15) is 58.8 Å². The second kappa shape index (κ2) is 4.23. The number of carbonyl (C=O) groups is 1. The Kier molecular flexibility index (Phi) is 3.09. The van der Waals surface area contributed by atoms with Crippen LogP contribution >= 0.6 is 0 Å². The minimum atomic E-state index is -0.680. The molecule has 0 spiro atoms. The third-order valence-electron chi connectivity index (χ3n) is 4.58. The van der Waals surface area contributed by atoms with E-state index in [1.54, 1.807) is 0 Å². The number of allylic oxidation sites excluding steroid dienone is 1. The number of fused-ring (bicyclic) bond motifs is 1. The van der Waals surface area contributed by atoms with Crippen LogP contribution in [0.3, 0.4) is 0 Å². The van der Waals surface area contributed by atoms with Gasteiger partial charge in [-0.25, -0.2) is 4.79 Å². The maximum atomic E-state index is 11.2. The van der Waals surface area contributed by atoms with Crippen molar-refractivity contribution in [1.29, 1.82) is 0 Å². The van der Waals surface area contributed by atoms with Crippen molar-refractivity contribution >= 4 is 5.97 Å². The van der Waals surface area contributed by atoms with Crippen LogP contribution < -0.4 is 0 Å². The topological polar surface area (TPSA) is 37.3 Å². The number of carboxylic acids is 1. The van der Waals surface area contributed by atoms with Crippen molar-refractivity contribution in [1.82, 2.24) is 0 Å². The van der Waals surface area contributed by atoms with E-state index in [4.69, 9.17) is 0 Å². The summed E-state index contributed by atoms with van der Waals surface area (Å²) in [5.74, 6) is 0.0779. The Morgan fingerprint density at radius 2 is 2.31 bits per heavy atom. The maximum Gasteiger partial charge on any atom is 0.331 e. The largest absolute Gasteiger partial charge is 0.478 e. The highest BCUT2D eigenvalue weighted by Gasteiger charge is 2.45. The van der Waals surface area contributed by atoms with Gasteiger partial charge in [0.1, 0.15) is 0 Å². The van der Waals surface area contributed by atoms with Crippen molar-refractivity contribution < 1.29 is 9.90 Å². The lowest BCUT2D eigenvalue weighted by Crippen LogP contribution is -2.13. The zero-order valence-electron chi connectivity index (χ0n) is 10.4. The highest BCUT2D eigenvalue weighted by molar-refractivity contribution is 5.87. The van der Waals surface area contributed by atoms with Crippen molar-refractivity contribution in [2.45, 2.75) is 58.8 Å². The lowest BCUT2D eigenvalue weighted by molar-refractivity contribution is -0.132. The van der Waals surface area contributed by atoms with Gasteiger partial charge in [-0.3, -0.25) is 0 Å². The van der Waals surface area contributed by atoms with Crippen LogP contribution in [0.25, 0.3) is 0 Å². The number of rotatable bonds is 3. The Balaban J connectivity index is 2.22. The molecule has 1 N–H and O–H groups in total. The molecule has 90 valence electrons. The molecule has 2 aliphatic rings. The summed E-state index contributed by atoms with van der Waals surface area (Å²) in [6.45, 7) is 4.41. The number of hydrogen-bond donors (Lipinski definition) is 1. The van der Waals surface area contributed by atoms with Gasteiger partial charge < -0.3 is 5.11 Å². The molecule has 0 aromatic heterocycles. The molecule has 2 saturated carbocycles. The average molecular weight is 222 g/mol. The second-order valence-electron chi connectivity index (χ2n) is 5.76. The van der Waals surface area contributed by atoms with E-state index in [1.807, 2.05) is 0 Å². The van der Waals surface area contributed by atoms with E-state index in [9.17, 15) is 9.90 Å². The molecule has 0 bridgehead atoms. The first-order valence-corrected chi connectivity index (χ1v) is 6.51. The van der Waals surface area contributed by atoms with Crippen LogP contribution in [-0.2, 0) is 4.79 Å². The molecule has 0 aromatic rings. The number of hydrogen-bond acceptors (Lipinski definition) is 1. The average Bonchev–Trinajstić information content (AvgIpc) is 2.68. The summed E-state index contributed by atoms with van der Waals surface area (Å²) in [5.41, 5.74) is 2.39. The molecular formula is C14H22O2. The molecular weight excluding hydrogens is 200 g/mol. The second-order valence-corrected chi connectivity index (χ2v) is 5.76. The molecule has 2 fully saturated rings. The predicted molar refractivity (Wildman–Crippen MR) is 64.3 cm³/mol. The lowest BCUT2D eigenvalue weighted by atomic mass is 9.83. The molecule has 0 amide bonds. The van der Waals surface area contributed by atoms with Gasteiger partial charge in [0, 0.05) is 5.57 Å². The van der Waals surface area contributed by atoms with Crippen molar-refractivity contribution in [3.63, 3.8) is 0 Å². The van der Waals surface area contributed by atoms with Gasteiger partial charge in [0.05, 0.1) is 0 Å². The van der Waals surface area contributed by atoms with Gasteiger partial charge in [-0.05, 0) is 43.4 Å². The minimum Gasteiger partial charge on any atom is -0.478 e. The Morgan fingerprint density at radius 1 is 1.56 bits per heavy atom. The van der Waals surface area contributed by atoms with Crippen LogP contribution in [0.2, 0.25) is 0 Å². The number of aliphatic carboxylic acids is 1. The summed E-state index contributed by atoms with van der Waals surface area (Å²) >= 11 is 0. The highest BCUT2D eigenvalue weighted by atomic mass is 16.4. The van der Waals surface area contributed by atoms with Crippen LogP contribution in [0.4, 0.5) is 0 Å². The summed E-state index contributed by atoms with van der Waals surface area (Å²) in [5, 5.41) is 9.25. The van der Waals surface area contributed by atoms with Crippen LogP contribution in [0.5, 0.6) is 0 Å². The fraction of sp³-hybridized carbons (Fsp3) is 0.786. The van der Waals surface area contributed by atoms with Crippen molar-refractivity contribution in [3.8, 4) is 0 Å². The standard InChI is InChI=1S/C14H22O2/c1-3-5-12(13(15)16)10-8-11-6-4-7-14(11,2)9-10/h11H,3-9H2,1-2H3,(H,15,16)/b12-10+. The van der Waals surface area contributed by atoms with Gasteiger partial charge in [0.15, 0.2) is 0 Å². The monoisotopic (exact) mass is 222 g/mol. The zero-order chi connectivity index (χ0) is 11.8. The molecule has 2 aliphatic carbocycles. The van der Waals surface area contributed by atoms with Gasteiger partial charge in [0.2, 0.25) is 0 Å². The molecule has 0 saturated heterocycles.